The van der Waals surface area contributed by atoms with Gasteiger partial charge in [-0.3, -0.25) is 4.79 Å². The molecule has 4 N–H and O–H groups in total. The summed E-state index contributed by atoms with van der Waals surface area (Å²) < 4.78 is 10.4. The van der Waals surface area contributed by atoms with Crippen molar-refractivity contribution in [2.75, 3.05) is 44.4 Å². The maximum Gasteiger partial charge on any atom is 0.418 e. The van der Waals surface area contributed by atoms with E-state index in [0.29, 0.717) is 31.1 Å². The van der Waals surface area contributed by atoms with Gasteiger partial charge in [0.2, 0.25) is 0 Å². The quantitative estimate of drug-likeness (QED) is 0.589. The highest BCUT2D eigenvalue weighted by Crippen LogP contribution is 2.18. The SMILES string of the molecule is COCCN(C(=O)Oc1ncc(C(=O)Nc2ccccc2N)cn1)C1CCNC1. The molecule has 0 aliphatic carbocycles. The first kappa shape index (κ1) is 20.5. The standard InChI is InChI=1S/C19H24N6O4/c1-28-9-8-25(14-6-7-21-12-14)19(27)29-18-22-10-13(11-23-18)17(26)24-16-5-3-2-4-15(16)20/h2-5,10-11,14,21H,6-9,12,20H2,1H3,(H,24,26). The number of carbonyl (C=O) groups is 2. The lowest BCUT2D eigenvalue weighted by Crippen LogP contribution is -2.45. The van der Waals surface area contributed by atoms with Crippen molar-refractivity contribution >= 4 is 23.4 Å². The fourth-order valence-corrected chi connectivity index (χ4v) is 2.95. The van der Waals surface area contributed by atoms with E-state index in [1.54, 1.807) is 36.3 Å². The molecule has 1 fully saturated rings. The first-order valence-electron chi connectivity index (χ1n) is 9.24. The molecule has 154 valence electrons. The average Bonchev–Trinajstić information content (AvgIpc) is 3.25. The minimum Gasteiger partial charge on any atom is -0.397 e. The second-order valence-electron chi connectivity index (χ2n) is 6.50. The molecule has 0 radical (unpaired) electrons. The highest BCUT2D eigenvalue weighted by atomic mass is 16.6. The molecule has 1 aromatic carbocycles. The number of para-hydroxylation sites is 2. The summed E-state index contributed by atoms with van der Waals surface area (Å²) in [5, 5.41) is 5.90. The fourth-order valence-electron chi connectivity index (χ4n) is 2.95. The molecule has 10 nitrogen and oxygen atoms in total. The summed E-state index contributed by atoms with van der Waals surface area (Å²) >= 11 is 0. The van der Waals surface area contributed by atoms with E-state index in [1.807, 2.05) is 0 Å². The predicted octanol–water partition coefficient (Wildman–Crippen LogP) is 1.12. The number of carbonyl (C=O) groups excluding carboxylic acids is 2. The molecular formula is C19H24N6O4. The van der Waals surface area contributed by atoms with Crippen molar-refractivity contribution in [1.82, 2.24) is 20.2 Å². The fraction of sp³-hybridized carbons (Fsp3) is 0.368. The van der Waals surface area contributed by atoms with Gasteiger partial charge >= 0.3 is 12.1 Å². The molecule has 1 aliphatic heterocycles. The van der Waals surface area contributed by atoms with Gasteiger partial charge in [-0.2, -0.15) is 0 Å². The predicted molar refractivity (Wildman–Crippen MR) is 107 cm³/mol. The Labute approximate surface area is 168 Å². The van der Waals surface area contributed by atoms with Crippen LogP contribution in [0, 0.1) is 0 Å². The lowest BCUT2D eigenvalue weighted by molar-refractivity contribution is 0.102. The maximum atomic E-state index is 12.6. The summed E-state index contributed by atoms with van der Waals surface area (Å²) in [5.41, 5.74) is 6.97. The van der Waals surface area contributed by atoms with E-state index in [2.05, 4.69) is 20.6 Å². The van der Waals surface area contributed by atoms with E-state index in [0.717, 1.165) is 13.0 Å². The number of anilines is 2. The number of nitrogens with zero attached hydrogens (tertiary/aromatic N) is 3. The van der Waals surface area contributed by atoms with Crippen LogP contribution in [-0.4, -0.2) is 66.3 Å². The van der Waals surface area contributed by atoms with Gasteiger partial charge in [0.1, 0.15) is 0 Å². The van der Waals surface area contributed by atoms with E-state index >= 15 is 0 Å². The van der Waals surface area contributed by atoms with Crippen LogP contribution in [0.3, 0.4) is 0 Å². The smallest absolute Gasteiger partial charge is 0.397 e. The van der Waals surface area contributed by atoms with Crippen LogP contribution in [0.5, 0.6) is 6.01 Å². The van der Waals surface area contributed by atoms with Gasteiger partial charge in [-0.15, -0.1) is 0 Å². The molecular weight excluding hydrogens is 376 g/mol. The number of nitrogen functional groups attached to an aromatic ring is 1. The van der Waals surface area contributed by atoms with Crippen LogP contribution < -0.4 is 21.1 Å². The van der Waals surface area contributed by atoms with Crippen LogP contribution in [0.2, 0.25) is 0 Å². The van der Waals surface area contributed by atoms with Crippen molar-refractivity contribution < 1.29 is 19.1 Å². The summed E-state index contributed by atoms with van der Waals surface area (Å²) in [6, 6.07) is 6.81. The van der Waals surface area contributed by atoms with Crippen LogP contribution in [-0.2, 0) is 4.74 Å². The highest BCUT2D eigenvalue weighted by Gasteiger charge is 2.28. The molecule has 1 aliphatic rings. The molecule has 10 heteroatoms. The molecule has 1 aromatic heterocycles. The first-order chi connectivity index (χ1) is 14.1. The minimum atomic E-state index is -0.551. The van der Waals surface area contributed by atoms with Crippen molar-refractivity contribution in [2.24, 2.45) is 0 Å². The molecule has 2 heterocycles. The van der Waals surface area contributed by atoms with Gasteiger partial charge in [-0.05, 0) is 25.1 Å². The molecule has 3 rings (SSSR count). The van der Waals surface area contributed by atoms with E-state index in [-0.39, 0.29) is 17.6 Å². The Hall–Kier alpha value is -3.24. The van der Waals surface area contributed by atoms with E-state index in [9.17, 15) is 9.59 Å². The topological polar surface area (TPSA) is 132 Å². The third-order valence-corrected chi connectivity index (χ3v) is 4.52. The molecule has 1 saturated heterocycles. The molecule has 1 unspecified atom stereocenters. The van der Waals surface area contributed by atoms with Crippen LogP contribution in [0.1, 0.15) is 16.8 Å². The van der Waals surface area contributed by atoms with E-state index in [1.165, 1.54) is 12.4 Å². The Balaban J connectivity index is 1.62. The van der Waals surface area contributed by atoms with Crippen molar-refractivity contribution in [3.63, 3.8) is 0 Å². The van der Waals surface area contributed by atoms with Crippen molar-refractivity contribution in [3.8, 4) is 6.01 Å². The van der Waals surface area contributed by atoms with Crippen molar-refractivity contribution in [2.45, 2.75) is 12.5 Å². The second-order valence-corrected chi connectivity index (χ2v) is 6.50. The Kier molecular flexibility index (Phi) is 6.93. The number of nitrogens with two attached hydrogens (primary N) is 1. The molecule has 29 heavy (non-hydrogen) atoms. The van der Waals surface area contributed by atoms with Crippen molar-refractivity contribution in [1.29, 1.82) is 0 Å². The molecule has 0 spiro atoms. The normalized spacial score (nSPS) is 15.7. The van der Waals surface area contributed by atoms with Crippen molar-refractivity contribution in [3.05, 3.63) is 42.2 Å². The van der Waals surface area contributed by atoms with Gasteiger partial charge in [-0.25, -0.2) is 14.8 Å². The molecule has 1 atom stereocenters. The third-order valence-electron chi connectivity index (χ3n) is 4.52. The lowest BCUT2D eigenvalue weighted by atomic mass is 10.2. The summed E-state index contributed by atoms with van der Waals surface area (Å²) in [4.78, 5) is 34.4. The Morgan fingerprint density at radius 2 is 2.07 bits per heavy atom. The molecule has 2 aromatic rings. The second kappa shape index (κ2) is 9.80. The summed E-state index contributed by atoms with van der Waals surface area (Å²) in [5.74, 6) is -0.417. The van der Waals surface area contributed by atoms with Gasteiger partial charge < -0.3 is 30.7 Å². The zero-order chi connectivity index (χ0) is 20.6. The largest absolute Gasteiger partial charge is 0.418 e. The third kappa shape index (κ3) is 5.39. The van der Waals surface area contributed by atoms with Gasteiger partial charge in [0.15, 0.2) is 0 Å². The Morgan fingerprint density at radius 3 is 2.72 bits per heavy atom. The number of amides is 2. The number of benzene rings is 1. The van der Waals surface area contributed by atoms with Crippen LogP contribution in [0.15, 0.2) is 36.7 Å². The van der Waals surface area contributed by atoms with Crippen LogP contribution in [0.4, 0.5) is 16.2 Å². The molecule has 0 saturated carbocycles. The number of aromatic nitrogens is 2. The zero-order valence-electron chi connectivity index (χ0n) is 16.1. The highest BCUT2D eigenvalue weighted by molar-refractivity contribution is 6.05. The number of ether oxygens (including phenoxy) is 2. The summed E-state index contributed by atoms with van der Waals surface area (Å²) in [7, 11) is 1.58. The Bertz CT molecular complexity index is 839. The number of nitrogens with one attached hydrogen (secondary N) is 2. The van der Waals surface area contributed by atoms with Gasteiger partial charge in [-0.1, -0.05) is 12.1 Å². The number of hydrogen-bond acceptors (Lipinski definition) is 8. The van der Waals surface area contributed by atoms with Gasteiger partial charge in [0.05, 0.1) is 23.5 Å². The van der Waals surface area contributed by atoms with Crippen LogP contribution >= 0.6 is 0 Å². The lowest BCUT2D eigenvalue weighted by Gasteiger charge is -2.26. The monoisotopic (exact) mass is 400 g/mol. The van der Waals surface area contributed by atoms with Gasteiger partial charge in [0, 0.05) is 38.6 Å². The molecule has 0 bridgehead atoms. The Morgan fingerprint density at radius 1 is 1.31 bits per heavy atom. The van der Waals surface area contributed by atoms with Crippen LogP contribution in [0.25, 0.3) is 0 Å². The first-order valence-corrected chi connectivity index (χ1v) is 9.24. The summed E-state index contributed by atoms with van der Waals surface area (Å²) in [6.45, 7) is 2.34. The van der Waals surface area contributed by atoms with E-state index in [4.69, 9.17) is 15.2 Å². The number of rotatable bonds is 7. The number of hydrogen-bond donors (Lipinski definition) is 3. The average molecular weight is 400 g/mol. The maximum absolute atomic E-state index is 12.6. The molecule has 2 amide bonds. The number of methoxy groups -OCH3 is 1. The zero-order valence-corrected chi connectivity index (χ0v) is 16.1. The minimum absolute atomic E-state index is 0.0269. The van der Waals surface area contributed by atoms with E-state index < -0.39 is 12.0 Å². The van der Waals surface area contributed by atoms with Gasteiger partial charge in [0.25, 0.3) is 5.91 Å². The summed E-state index contributed by atoms with van der Waals surface area (Å²) in [6.07, 6.45) is 2.87.